The van der Waals surface area contributed by atoms with Gasteiger partial charge in [0.25, 0.3) is 0 Å². The van der Waals surface area contributed by atoms with E-state index in [1.807, 2.05) is 0 Å². The molecule has 0 saturated carbocycles. The van der Waals surface area contributed by atoms with Gasteiger partial charge in [-0.25, -0.2) is 0 Å². The summed E-state index contributed by atoms with van der Waals surface area (Å²) in [6, 6.07) is 5.57. The molecule has 0 unspecified atom stereocenters. The van der Waals surface area contributed by atoms with Crippen LogP contribution in [0.2, 0.25) is 0 Å². The zero-order valence-electron chi connectivity index (χ0n) is 14.5. The van der Waals surface area contributed by atoms with Crippen molar-refractivity contribution in [1.29, 1.82) is 0 Å². The number of thiocarbonyl (C=S) groups is 1. The predicted molar refractivity (Wildman–Crippen MR) is 99.8 cm³/mol. The van der Waals surface area contributed by atoms with E-state index in [-0.39, 0.29) is 0 Å². The Hall–Kier alpha value is -1.34. The molecule has 3 nitrogen and oxygen atoms in total. The van der Waals surface area contributed by atoms with Crippen LogP contribution in [-0.4, -0.2) is 35.7 Å². The Balaban J connectivity index is 1.68. The summed E-state index contributed by atoms with van der Waals surface area (Å²) in [6.07, 6.45) is 1.76. The van der Waals surface area contributed by atoms with E-state index in [0.717, 1.165) is 31.6 Å². The zero-order chi connectivity index (χ0) is 18.3. The highest BCUT2D eigenvalue weighted by atomic mass is 32.1. The van der Waals surface area contributed by atoms with Crippen LogP contribution in [-0.2, 0) is 6.18 Å². The van der Waals surface area contributed by atoms with Crippen molar-refractivity contribution in [2.45, 2.75) is 51.2 Å². The lowest BCUT2D eigenvalue weighted by atomic mass is 10.00. The third kappa shape index (κ3) is 6.47. The summed E-state index contributed by atoms with van der Waals surface area (Å²) in [5.74, 6) is 0. The minimum atomic E-state index is -4.32. The number of hydrogen-bond acceptors (Lipinski definition) is 2. The molecule has 1 atom stereocenters. The Kier molecular flexibility index (Phi) is 7.50. The number of piperidine rings is 1. The lowest BCUT2D eigenvalue weighted by molar-refractivity contribution is -0.137. The molecule has 7 heteroatoms. The van der Waals surface area contributed by atoms with Crippen LogP contribution in [0, 0.1) is 0 Å². The van der Waals surface area contributed by atoms with Crippen LogP contribution in [0.5, 0.6) is 0 Å². The summed E-state index contributed by atoms with van der Waals surface area (Å²) in [6.45, 7) is 5.21. The number of nitrogens with one attached hydrogen (secondary N) is 2. The lowest BCUT2D eigenvalue weighted by Gasteiger charge is -2.35. The molecular weight excluding hydrogens is 347 g/mol. The second-order valence-electron chi connectivity index (χ2n) is 6.40. The molecule has 0 aliphatic carbocycles. The molecule has 2 rings (SSSR count). The fourth-order valence-corrected chi connectivity index (χ4v) is 3.44. The second kappa shape index (κ2) is 9.38. The molecule has 2 N–H and O–H groups in total. The van der Waals surface area contributed by atoms with Crippen molar-refractivity contribution in [1.82, 2.24) is 10.2 Å². The molecule has 1 aliphatic rings. The van der Waals surface area contributed by atoms with E-state index in [9.17, 15) is 13.2 Å². The fraction of sp³-hybridized carbons (Fsp3) is 0.611. The summed E-state index contributed by atoms with van der Waals surface area (Å²) >= 11 is 5.20. The molecule has 1 saturated heterocycles. The van der Waals surface area contributed by atoms with Crippen LogP contribution in [0.15, 0.2) is 24.3 Å². The molecule has 0 aromatic heterocycles. The SMILES string of the molecule is CC[C@H]1CCCCN1CCCNC(=S)Nc1ccc(C(F)(F)F)cc1. The van der Waals surface area contributed by atoms with Crippen molar-refractivity contribution < 1.29 is 13.2 Å². The van der Waals surface area contributed by atoms with Gasteiger partial charge in [0.2, 0.25) is 0 Å². The summed E-state index contributed by atoms with van der Waals surface area (Å²) in [5.41, 5.74) is -0.114. The number of rotatable bonds is 6. The monoisotopic (exact) mass is 373 g/mol. The van der Waals surface area contributed by atoms with Crippen LogP contribution < -0.4 is 10.6 Å². The third-order valence-electron chi connectivity index (χ3n) is 4.60. The van der Waals surface area contributed by atoms with Crippen molar-refractivity contribution in [3.8, 4) is 0 Å². The largest absolute Gasteiger partial charge is 0.416 e. The lowest BCUT2D eigenvalue weighted by Crippen LogP contribution is -2.40. The Morgan fingerprint density at radius 2 is 1.96 bits per heavy atom. The molecule has 0 spiro atoms. The molecule has 0 bridgehead atoms. The number of likely N-dealkylation sites (tertiary alicyclic amines) is 1. The molecule has 0 amide bonds. The van der Waals surface area contributed by atoms with Crippen LogP contribution >= 0.6 is 12.2 Å². The average molecular weight is 373 g/mol. The molecule has 0 radical (unpaired) electrons. The van der Waals surface area contributed by atoms with E-state index >= 15 is 0 Å². The van der Waals surface area contributed by atoms with Gasteiger partial charge in [-0.1, -0.05) is 13.3 Å². The highest BCUT2D eigenvalue weighted by Gasteiger charge is 2.29. The topological polar surface area (TPSA) is 27.3 Å². The van der Waals surface area contributed by atoms with Gasteiger partial charge in [0.05, 0.1) is 5.56 Å². The van der Waals surface area contributed by atoms with E-state index in [0.29, 0.717) is 16.8 Å². The minimum absolute atomic E-state index is 0.436. The molecule has 1 aliphatic heterocycles. The summed E-state index contributed by atoms with van der Waals surface area (Å²) in [4.78, 5) is 2.55. The maximum Gasteiger partial charge on any atom is 0.416 e. The first-order valence-electron chi connectivity index (χ1n) is 8.86. The number of anilines is 1. The second-order valence-corrected chi connectivity index (χ2v) is 6.81. The van der Waals surface area contributed by atoms with Gasteiger partial charge in [0.15, 0.2) is 5.11 Å². The van der Waals surface area contributed by atoms with Gasteiger partial charge in [0, 0.05) is 24.8 Å². The fourth-order valence-electron chi connectivity index (χ4n) is 3.22. The van der Waals surface area contributed by atoms with Gasteiger partial charge in [0.1, 0.15) is 0 Å². The number of alkyl halides is 3. The molecule has 140 valence electrons. The van der Waals surface area contributed by atoms with Gasteiger partial charge >= 0.3 is 6.18 Å². The third-order valence-corrected chi connectivity index (χ3v) is 4.84. The molecular formula is C18H26F3N3S. The first kappa shape index (κ1) is 20.0. The number of nitrogens with zero attached hydrogens (tertiary/aromatic N) is 1. The van der Waals surface area contributed by atoms with E-state index in [2.05, 4.69) is 22.5 Å². The highest BCUT2D eigenvalue weighted by molar-refractivity contribution is 7.80. The quantitative estimate of drug-likeness (QED) is 0.561. The van der Waals surface area contributed by atoms with Crippen LogP contribution in [0.3, 0.4) is 0 Å². The van der Waals surface area contributed by atoms with Crippen molar-refractivity contribution in [3.05, 3.63) is 29.8 Å². The average Bonchev–Trinajstić information content (AvgIpc) is 2.58. The first-order chi connectivity index (χ1) is 11.9. The van der Waals surface area contributed by atoms with Gasteiger partial charge in [-0.15, -0.1) is 0 Å². The standard InChI is InChI=1S/C18H26F3N3S/c1-2-16-6-3-4-12-24(16)13-5-11-22-17(25)23-15-9-7-14(8-10-15)18(19,20)21/h7-10,16H,2-6,11-13H2,1H3,(H2,22,23,25)/t16-/m0/s1. The van der Waals surface area contributed by atoms with Crippen molar-refractivity contribution in [2.75, 3.05) is 25.0 Å². The molecule has 1 aromatic carbocycles. The van der Waals surface area contributed by atoms with Gasteiger partial charge in [-0.2, -0.15) is 13.2 Å². The smallest absolute Gasteiger partial charge is 0.362 e. The Labute approximate surface area is 153 Å². The Bertz CT molecular complexity index is 545. The summed E-state index contributed by atoms with van der Waals surface area (Å²) < 4.78 is 37.6. The summed E-state index contributed by atoms with van der Waals surface area (Å²) in [7, 11) is 0. The normalized spacial score (nSPS) is 18.8. The molecule has 1 fully saturated rings. The highest BCUT2D eigenvalue weighted by Crippen LogP contribution is 2.29. The van der Waals surface area contributed by atoms with Crippen molar-refractivity contribution >= 4 is 23.0 Å². The zero-order valence-corrected chi connectivity index (χ0v) is 15.3. The van der Waals surface area contributed by atoms with Crippen LogP contribution in [0.25, 0.3) is 0 Å². The van der Waals surface area contributed by atoms with Crippen LogP contribution in [0.1, 0.15) is 44.6 Å². The van der Waals surface area contributed by atoms with E-state index in [4.69, 9.17) is 12.2 Å². The Morgan fingerprint density at radius 1 is 1.24 bits per heavy atom. The molecule has 1 heterocycles. The van der Waals surface area contributed by atoms with Crippen molar-refractivity contribution in [2.24, 2.45) is 0 Å². The number of hydrogen-bond donors (Lipinski definition) is 2. The molecule has 25 heavy (non-hydrogen) atoms. The van der Waals surface area contributed by atoms with Gasteiger partial charge < -0.3 is 15.5 Å². The Morgan fingerprint density at radius 3 is 2.60 bits per heavy atom. The van der Waals surface area contributed by atoms with Gasteiger partial charge in [-0.3, -0.25) is 0 Å². The van der Waals surface area contributed by atoms with E-state index in [1.165, 1.54) is 44.4 Å². The van der Waals surface area contributed by atoms with Crippen molar-refractivity contribution in [3.63, 3.8) is 0 Å². The van der Waals surface area contributed by atoms with Gasteiger partial charge in [-0.05, 0) is 68.7 Å². The minimum Gasteiger partial charge on any atom is -0.362 e. The first-order valence-corrected chi connectivity index (χ1v) is 9.27. The number of benzene rings is 1. The van der Waals surface area contributed by atoms with Crippen LogP contribution in [0.4, 0.5) is 18.9 Å². The van der Waals surface area contributed by atoms with E-state index in [1.54, 1.807) is 0 Å². The predicted octanol–water partition coefficient (Wildman–Crippen LogP) is 4.65. The van der Waals surface area contributed by atoms with E-state index < -0.39 is 11.7 Å². The maximum atomic E-state index is 12.5. The molecule has 1 aromatic rings. The number of halogens is 3. The maximum absolute atomic E-state index is 12.5. The summed E-state index contributed by atoms with van der Waals surface area (Å²) in [5, 5.41) is 6.47.